The zero-order chi connectivity index (χ0) is 8.69. The summed E-state index contributed by atoms with van der Waals surface area (Å²) in [5.74, 6) is 0. The lowest BCUT2D eigenvalue weighted by Crippen LogP contribution is -2.33. The van der Waals surface area contributed by atoms with E-state index in [1.54, 1.807) is 0 Å². The highest BCUT2D eigenvalue weighted by Gasteiger charge is 2.06. The molecule has 0 saturated carbocycles. The third-order valence-corrected chi connectivity index (χ3v) is 1.98. The van der Waals surface area contributed by atoms with Crippen molar-refractivity contribution in [2.75, 3.05) is 13.1 Å². The number of hydrogen-bond acceptors (Lipinski definition) is 2. The van der Waals surface area contributed by atoms with Gasteiger partial charge in [-0.05, 0) is 19.9 Å². The first-order chi connectivity index (χ1) is 5.22. The van der Waals surface area contributed by atoms with Gasteiger partial charge in [-0.2, -0.15) is 0 Å². The van der Waals surface area contributed by atoms with E-state index in [4.69, 9.17) is 0 Å². The fraction of sp³-hybridized carbons (Fsp3) is 1.00. The summed E-state index contributed by atoms with van der Waals surface area (Å²) in [4.78, 5) is 2.08. The van der Waals surface area contributed by atoms with E-state index in [2.05, 4.69) is 18.7 Å². The Kier molecular flexibility index (Phi) is 6.57. The molecule has 1 atom stereocenters. The minimum Gasteiger partial charge on any atom is -0.379 e. The SMILES string of the molecule is CCCCCN(CC)C(C)O. The quantitative estimate of drug-likeness (QED) is 0.472. The Labute approximate surface area is 70.2 Å². The van der Waals surface area contributed by atoms with Gasteiger partial charge in [0.05, 0.1) is 0 Å². The summed E-state index contributed by atoms with van der Waals surface area (Å²) in [5, 5.41) is 9.24. The maximum absolute atomic E-state index is 9.24. The predicted molar refractivity (Wildman–Crippen MR) is 48.5 cm³/mol. The smallest absolute Gasteiger partial charge is 0.104 e. The molecule has 0 rings (SSSR count). The van der Waals surface area contributed by atoms with Crippen LogP contribution in [0.4, 0.5) is 0 Å². The summed E-state index contributed by atoms with van der Waals surface area (Å²) in [6, 6.07) is 0. The third kappa shape index (κ3) is 5.22. The number of aliphatic hydroxyl groups is 1. The van der Waals surface area contributed by atoms with Gasteiger partial charge in [0.25, 0.3) is 0 Å². The van der Waals surface area contributed by atoms with Crippen LogP contribution in [-0.4, -0.2) is 29.3 Å². The van der Waals surface area contributed by atoms with E-state index in [1.807, 2.05) is 6.92 Å². The third-order valence-electron chi connectivity index (χ3n) is 1.98. The summed E-state index contributed by atoms with van der Waals surface area (Å²) in [5.41, 5.74) is 0. The van der Waals surface area contributed by atoms with E-state index in [-0.39, 0.29) is 6.23 Å². The molecule has 1 N–H and O–H groups in total. The molecule has 0 aromatic heterocycles. The molecule has 68 valence electrons. The van der Waals surface area contributed by atoms with Crippen molar-refractivity contribution in [3.8, 4) is 0 Å². The maximum atomic E-state index is 9.24. The highest BCUT2D eigenvalue weighted by molar-refractivity contribution is 4.55. The van der Waals surface area contributed by atoms with E-state index in [9.17, 15) is 5.11 Å². The van der Waals surface area contributed by atoms with Crippen LogP contribution in [-0.2, 0) is 0 Å². The maximum Gasteiger partial charge on any atom is 0.104 e. The Bertz CT molecular complexity index is 83.6. The van der Waals surface area contributed by atoms with Gasteiger partial charge in [-0.15, -0.1) is 0 Å². The average molecular weight is 159 g/mol. The van der Waals surface area contributed by atoms with Crippen molar-refractivity contribution in [3.63, 3.8) is 0 Å². The summed E-state index contributed by atoms with van der Waals surface area (Å²) >= 11 is 0. The monoisotopic (exact) mass is 159 g/mol. The van der Waals surface area contributed by atoms with Crippen molar-refractivity contribution in [1.29, 1.82) is 0 Å². The Morgan fingerprint density at radius 1 is 1.27 bits per heavy atom. The number of rotatable bonds is 6. The molecular formula is C9H21NO. The first-order valence-corrected chi connectivity index (χ1v) is 4.64. The van der Waals surface area contributed by atoms with Gasteiger partial charge in [0, 0.05) is 6.54 Å². The predicted octanol–water partition coefficient (Wildman–Crippen LogP) is 1.84. The lowest BCUT2D eigenvalue weighted by molar-refractivity contribution is 0.0215. The highest BCUT2D eigenvalue weighted by Crippen LogP contribution is 2.00. The van der Waals surface area contributed by atoms with Crippen LogP contribution in [0.3, 0.4) is 0 Å². The summed E-state index contributed by atoms with van der Waals surface area (Å²) in [6.45, 7) is 8.08. The molecule has 0 aromatic rings. The molecule has 0 aliphatic carbocycles. The van der Waals surface area contributed by atoms with E-state index < -0.39 is 0 Å². The standard InChI is InChI=1S/C9H21NO/c1-4-6-7-8-10(5-2)9(3)11/h9,11H,4-8H2,1-3H3. The van der Waals surface area contributed by atoms with Crippen LogP contribution in [0.1, 0.15) is 40.0 Å². The fourth-order valence-corrected chi connectivity index (χ4v) is 1.17. The van der Waals surface area contributed by atoms with Crippen LogP contribution >= 0.6 is 0 Å². The van der Waals surface area contributed by atoms with Gasteiger partial charge in [-0.3, -0.25) is 4.90 Å². The molecule has 11 heavy (non-hydrogen) atoms. The number of unbranched alkanes of at least 4 members (excludes halogenated alkanes) is 2. The van der Waals surface area contributed by atoms with E-state index >= 15 is 0 Å². The molecule has 0 radical (unpaired) electrons. The molecule has 2 nitrogen and oxygen atoms in total. The molecule has 0 bridgehead atoms. The molecule has 0 heterocycles. The average Bonchev–Trinajstić information content (AvgIpc) is 1.97. The largest absolute Gasteiger partial charge is 0.379 e. The molecule has 0 aromatic carbocycles. The lowest BCUT2D eigenvalue weighted by atomic mass is 10.2. The molecule has 0 spiro atoms. The van der Waals surface area contributed by atoms with Crippen LogP contribution in [0.25, 0.3) is 0 Å². The minimum absolute atomic E-state index is 0.281. The topological polar surface area (TPSA) is 23.5 Å². The Morgan fingerprint density at radius 3 is 2.27 bits per heavy atom. The second kappa shape index (κ2) is 6.62. The Hall–Kier alpha value is -0.0800. The van der Waals surface area contributed by atoms with Crippen LogP contribution < -0.4 is 0 Å². The molecule has 0 fully saturated rings. The first-order valence-electron chi connectivity index (χ1n) is 4.64. The molecular weight excluding hydrogens is 138 g/mol. The van der Waals surface area contributed by atoms with Crippen LogP contribution in [0.15, 0.2) is 0 Å². The van der Waals surface area contributed by atoms with Gasteiger partial charge in [0.2, 0.25) is 0 Å². The van der Waals surface area contributed by atoms with Crippen molar-refractivity contribution in [2.45, 2.75) is 46.3 Å². The van der Waals surface area contributed by atoms with Gasteiger partial charge >= 0.3 is 0 Å². The molecule has 0 saturated heterocycles. The van der Waals surface area contributed by atoms with Crippen molar-refractivity contribution in [3.05, 3.63) is 0 Å². The molecule has 2 heteroatoms. The van der Waals surface area contributed by atoms with Crippen LogP contribution in [0.5, 0.6) is 0 Å². The number of nitrogens with zero attached hydrogens (tertiary/aromatic N) is 1. The van der Waals surface area contributed by atoms with E-state index in [0.717, 1.165) is 13.1 Å². The van der Waals surface area contributed by atoms with Crippen molar-refractivity contribution in [2.24, 2.45) is 0 Å². The molecule has 0 aliphatic rings. The van der Waals surface area contributed by atoms with Crippen LogP contribution in [0.2, 0.25) is 0 Å². The minimum atomic E-state index is -0.281. The highest BCUT2D eigenvalue weighted by atomic mass is 16.3. The van der Waals surface area contributed by atoms with Crippen molar-refractivity contribution < 1.29 is 5.11 Å². The molecule has 0 amide bonds. The summed E-state index contributed by atoms with van der Waals surface area (Å²) < 4.78 is 0. The molecule has 0 aliphatic heterocycles. The van der Waals surface area contributed by atoms with Gasteiger partial charge < -0.3 is 5.11 Å². The normalized spacial score (nSPS) is 13.9. The zero-order valence-electron chi connectivity index (χ0n) is 8.01. The Morgan fingerprint density at radius 2 is 1.91 bits per heavy atom. The summed E-state index contributed by atoms with van der Waals surface area (Å²) in [6.07, 6.45) is 3.44. The summed E-state index contributed by atoms with van der Waals surface area (Å²) in [7, 11) is 0. The van der Waals surface area contributed by atoms with Gasteiger partial charge in [-0.25, -0.2) is 0 Å². The Balaban J connectivity index is 3.36. The zero-order valence-corrected chi connectivity index (χ0v) is 8.01. The van der Waals surface area contributed by atoms with Gasteiger partial charge in [0.15, 0.2) is 0 Å². The second-order valence-electron chi connectivity index (χ2n) is 2.97. The van der Waals surface area contributed by atoms with E-state index in [1.165, 1.54) is 19.3 Å². The van der Waals surface area contributed by atoms with Gasteiger partial charge in [0.1, 0.15) is 6.23 Å². The van der Waals surface area contributed by atoms with E-state index in [0.29, 0.717) is 0 Å². The lowest BCUT2D eigenvalue weighted by Gasteiger charge is -2.23. The van der Waals surface area contributed by atoms with Crippen LogP contribution in [0, 0.1) is 0 Å². The molecule has 1 unspecified atom stereocenters. The first kappa shape index (κ1) is 10.9. The van der Waals surface area contributed by atoms with Crippen molar-refractivity contribution >= 4 is 0 Å². The number of aliphatic hydroxyl groups excluding tert-OH is 1. The van der Waals surface area contributed by atoms with Gasteiger partial charge in [-0.1, -0.05) is 26.7 Å². The second-order valence-corrected chi connectivity index (χ2v) is 2.97. The van der Waals surface area contributed by atoms with Crippen molar-refractivity contribution in [1.82, 2.24) is 4.90 Å². The fourth-order valence-electron chi connectivity index (χ4n) is 1.17. The number of hydrogen-bond donors (Lipinski definition) is 1.